The van der Waals surface area contributed by atoms with Gasteiger partial charge in [0.2, 0.25) is 0 Å². The standard InChI is InChI=1S/C21H30N4O/c26-21-23-19-3-1-2-4-20(19)25(21)17-7-11-24(12-8-17)18-13-15-5-9-22-10-6-16(15)14-18/h1-4,15-18,22H,5-14H2,(H,23,26)/t15-,16+,18?. The Morgan fingerprint density at radius 1 is 0.885 bits per heavy atom. The maximum atomic E-state index is 12.5. The number of nitrogens with zero attached hydrogens (tertiary/aromatic N) is 2. The van der Waals surface area contributed by atoms with Crippen LogP contribution in [0.5, 0.6) is 0 Å². The number of hydrogen-bond acceptors (Lipinski definition) is 3. The summed E-state index contributed by atoms with van der Waals surface area (Å²) in [5.74, 6) is 1.87. The lowest BCUT2D eigenvalue weighted by atomic mass is 9.92. The van der Waals surface area contributed by atoms with Gasteiger partial charge in [0.1, 0.15) is 0 Å². The maximum Gasteiger partial charge on any atom is 0.326 e. The average molecular weight is 354 g/mol. The number of para-hydroxylation sites is 2. The highest BCUT2D eigenvalue weighted by atomic mass is 16.1. The van der Waals surface area contributed by atoms with E-state index in [1.807, 2.05) is 22.8 Å². The van der Waals surface area contributed by atoms with Gasteiger partial charge in [-0.1, -0.05) is 12.1 Å². The lowest BCUT2D eigenvalue weighted by molar-refractivity contribution is 0.132. The van der Waals surface area contributed by atoms with Crippen molar-refractivity contribution >= 4 is 11.0 Å². The van der Waals surface area contributed by atoms with E-state index < -0.39 is 0 Å². The molecule has 5 rings (SSSR count). The molecule has 3 fully saturated rings. The van der Waals surface area contributed by atoms with Crippen molar-refractivity contribution in [3.05, 3.63) is 34.7 Å². The molecule has 1 aromatic heterocycles. The van der Waals surface area contributed by atoms with Crippen LogP contribution in [0.4, 0.5) is 0 Å². The first kappa shape index (κ1) is 16.6. The third-order valence-corrected chi connectivity index (χ3v) is 7.20. The molecule has 0 bridgehead atoms. The average Bonchev–Trinajstić information content (AvgIpc) is 3.14. The summed E-state index contributed by atoms with van der Waals surface area (Å²) in [6.45, 7) is 4.69. The first-order chi connectivity index (χ1) is 12.8. The lowest BCUT2D eigenvalue weighted by Crippen LogP contribution is -2.42. The van der Waals surface area contributed by atoms with Crippen LogP contribution >= 0.6 is 0 Å². The molecule has 26 heavy (non-hydrogen) atoms. The number of aromatic nitrogens is 2. The summed E-state index contributed by atoms with van der Waals surface area (Å²) < 4.78 is 2.01. The van der Waals surface area contributed by atoms with Crippen LogP contribution in [0.2, 0.25) is 0 Å². The summed E-state index contributed by atoms with van der Waals surface area (Å²) in [5, 5.41) is 3.56. The SMILES string of the molecule is O=c1[nH]c2ccccc2n1C1CCN(C2C[C@H]3CCNCC[C@H]3C2)CC1. The van der Waals surface area contributed by atoms with Crippen LogP contribution in [-0.2, 0) is 0 Å². The zero-order chi connectivity index (χ0) is 17.5. The van der Waals surface area contributed by atoms with Gasteiger partial charge in [-0.25, -0.2) is 4.79 Å². The number of imidazole rings is 1. The van der Waals surface area contributed by atoms with Crippen molar-refractivity contribution in [1.29, 1.82) is 0 Å². The predicted molar refractivity (Wildman–Crippen MR) is 105 cm³/mol. The fraction of sp³-hybridized carbons (Fsp3) is 0.667. The van der Waals surface area contributed by atoms with Crippen molar-refractivity contribution in [2.75, 3.05) is 26.2 Å². The largest absolute Gasteiger partial charge is 0.326 e. The van der Waals surface area contributed by atoms with Gasteiger partial charge in [0.15, 0.2) is 0 Å². The maximum absolute atomic E-state index is 12.5. The molecule has 5 heteroatoms. The molecule has 3 aliphatic rings. The normalized spacial score (nSPS) is 31.2. The third-order valence-electron chi connectivity index (χ3n) is 7.20. The molecule has 2 aliphatic heterocycles. The molecule has 2 saturated heterocycles. The molecule has 2 N–H and O–H groups in total. The predicted octanol–water partition coefficient (Wildman–Crippen LogP) is 2.74. The summed E-state index contributed by atoms with van der Waals surface area (Å²) in [7, 11) is 0. The van der Waals surface area contributed by atoms with Gasteiger partial charge in [-0.15, -0.1) is 0 Å². The van der Waals surface area contributed by atoms with Crippen molar-refractivity contribution in [2.24, 2.45) is 11.8 Å². The summed E-state index contributed by atoms with van der Waals surface area (Å²) >= 11 is 0. The summed E-state index contributed by atoms with van der Waals surface area (Å²) in [4.78, 5) is 18.2. The van der Waals surface area contributed by atoms with E-state index in [9.17, 15) is 4.79 Å². The summed E-state index contributed by atoms with van der Waals surface area (Å²) in [5.41, 5.74) is 2.08. The van der Waals surface area contributed by atoms with Gasteiger partial charge >= 0.3 is 5.69 Å². The monoisotopic (exact) mass is 354 g/mol. The van der Waals surface area contributed by atoms with Crippen LogP contribution < -0.4 is 11.0 Å². The zero-order valence-electron chi connectivity index (χ0n) is 15.5. The van der Waals surface area contributed by atoms with Gasteiger partial charge in [0, 0.05) is 25.2 Å². The van der Waals surface area contributed by atoms with E-state index >= 15 is 0 Å². The number of piperidine rings is 1. The van der Waals surface area contributed by atoms with Crippen molar-refractivity contribution in [3.8, 4) is 0 Å². The van der Waals surface area contributed by atoms with Crippen molar-refractivity contribution < 1.29 is 0 Å². The highest BCUT2D eigenvalue weighted by Crippen LogP contribution is 2.41. The quantitative estimate of drug-likeness (QED) is 0.872. The molecule has 0 amide bonds. The van der Waals surface area contributed by atoms with Gasteiger partial charge in [0.25, 0.3) is 0 Å². The third kappa shape index (κ3) is 2.91. The molecular formula is C21H30N4O. The lowest BCUT2D eigenvalue weighted by Gasteiger charge is -2.36. The van der Waals surface area contributed by atoms with Gasteiger partial charge in [-0.3, -0.25) is 4.57 Å². The van der Waals surface area contributed by atoms with E-state index in [1.54, 1.807) is 0 Å². The Morgan fingerprint density at radius 3 is 2.31 bits per heavy atom. The fourth-order valence-electron chi connectivity index (χ4n) is 5.83. The minimum absolute atomic E-state index is 0.0558. The van der Waals surface area contributed by atoms with Crippen molar-refractivity contribution in [3.63, 3.8) is 0 Å². The van der Waals surface area contributed by atoms with Gasteiger partial charge in [0.05, 0.1) is 11.0 Å². The second-order valence-electron chi connectivity index (χ2n) is 8.56. The molecule has 1 aliphatic carbocycles. The number of H-pyrrole nitrogens is 1. The number of aromatic amines is 1. The number of rotatable bonds is 2. The Labute approximate surface area is 154 Å². The first-order valence-corrected chi connectivity index (χ1v) is 10.4. The smallest absolute Gasteiger partial charge is 0.317 e. The molecule has 5 nitrogen and oxygen atoms in total. The Hall–Kier alpha value is -1.59. The van der Waals surface area contributed by atoms with Gasteiger partial charge in [-0.2, -0.15) is 0 Å². The summed E-state index contributed by atoms with van der Waals surface area (Å²) in [6, 6.07) is 9.20. The molecule has 0 spiro atoms. The Morgan fingerprint density at radius 2 is 1.58 bits per heavy atom. The second kappa shape index (κ2) is 6.86. The number of likely N-dealkylation sites (tertiary alicyclic amines) is 1. The van der Waals surface area contributed by atoms with E-state index in [4.69, 9.17) is 0 Å². The number of hydrogen-bond donors (Lipinski definition) is 2. The topological polar surface area (TPSA) is 53.1 Å². The minimum atomic E-state index is 0.0558. The molecule has 3 heterocycles. The Bertz CT molecular complexity index is 803. The van der Waals surface area contributed by atoms with Crippen LogP contribution in [0.1, 0.15) is 44.6 Å². The molecule has 1 saturated carbocycles. The van der Waals surface area contributed by atoms with Crippen LogP contribution in [-0.4, -0.2) is 46.7 Å². The Balaban J connectivity index is 1.26. The molecular weight excluding hydrogens is 324 g/mol. The summed E-state index contributed by atoms with van der Waals surface area (Å²) in [6.07, 6.45) is 7.70. The minimum Gasteiger partial charge on any atom is -0.317 e. The molecule has 0 radical (unpaired) electrons. The van der Waals surface area contributed by atoms with Gasteiger partial charge in [-0.05, 0) is 75.6 Å². The van der Waals surface area contributed by atoms with Crippen LogP contribution in [0.25, 0.3) is 11.0 Å². The van der Waals surface area contributed by atoms with Crippen LogP contribution in [0.15, 0.2) is 29.1 Å². The van der Waals surface area contributed by atoms with E-state index in [2.05, 4.69) is 21.3 Å². The first-order valence-electron chi connectivity index (χ1n) is 10.4. The number of fused-ring (bicyclic) bond motifs is 2. The van der Waals surface area contributed by atoms with E-state index in [-0.39, 0.29) is 5.69 Å². The highest BCUT2D eigenvalue weighted by Gasteiger charge is 2.38. The van der Waals surface area contributed by atoms with E-state index in [0.29, 0.717) is 6.04 Å². The van der Waals surface area contributed by atoms with Crippen LogP contribution in [0.3, 0.4) is 0 Å². The molecule has 3 atom stereocenters. The van der Waals surface area contributed by atoms with Crippen molar-refractivity contribution in [1.82, 2.24) is 19.8 Å². The second-order valence-corrected chi connectivity index (χ2v) is 8.56. The van der Waals surface area contributed by atoms with E-state index in [1.165, 1.54) is 38.8 Å². The van der Waals surface area contributed by atoms with Gasteiger partial charge < -0.3 is 15.2 Å². The number of benzene rings is 1. The molecule has 1 unspecified atom stereocenters. The number of nitrogens with one attached hydrogen (secondary N) is 2. The van der Waals surface area contributed by atoms with E-state index in [0.717, 1.165) is 54.8 Å². The molecule has 2 aromatic rings. The van der Waals surface area contributed by atoms with Crippen LogP contribution in [0, 0.1) is 11.8 Å². The molecule has 1 aromatic carbocycles. The fourth-order valence-corrected chi connectivity index (χ4v) is 5.83. The Kier molecular flexibility index (Phi) is 4.37. The zero-order valence-corrected chi connectivity index (χ0v) is 15.5. The highest BCUT2D eigenvalue weighted by molar-refractivity contribution is 5.75. The van der Waals surface area contributed by atoms with Crippen molar-refractivity contribution in [2.45, 2.75) is 50.6 Å². The molecule has 140 valence electrons.